The molecule has 1 aromatic carbocycles. The molecule has 4 nitrogen and oxygen atoms in total. The van der Waals surface area contributed by atoms with Crippen LogP contribution in [-0.4, -0.2) is 55.8 Å². The van der Waals surface area contributed by atoms with E-state index in [-0.39, 0.29) is 11.8 Å². The van der Waals surface area contributed by atoms with Gasteiger partial charge in [0.25, 0.3) is 0 Å². The van der Waals surface area contributed by atoms with Crippen molar-refractivity contribution in [3.63, 3.8) is 0 Å². The zero-order chi connectivity index (χ0) is 14.5. The lowest BCUT2D eigenvalue weighted by Crippen LogP contribution is -2.44. The monoisotopic (exact) mass is 305 g/mol. The zero-order valence-corrected chi connectivity index (χ0v) is 13.1. The van der Waals surface area contributed by atoms with Crippen LogP contribution in [-0.2, 0) is 4.79 Å². The average molecular weight is 305 g/mol. The van der Waals surface area contributed by atoms with E-state index in [0.717, 1.165) is 51.4 Å². The van der Waals surface area contributed by atoms with Crippen molar-refractivity contribution in [2.45, 2.75) is 17.2 Å². The minimum atomic E-state index is 0.0328. The molecule has 114 valence electrons. The van der Waals surface area contributed by atoms with Crippen LogP contribution in [0, 0.1) is 0 Å². The number of benzene rings is 1. The van der Waals surface area contributed by atoms with E-state index in [1.807, 2.05) is 12.1 Å². The first-order valence-electron chi connectivity index (χ1n) is 7.77. The maximum Gasteiger partial charge on any atom is 0.228 e. The lowest BCUT2D eigenvalue weighted by atomic mass is 10.0. The number of nitrogens with one attached hydrogen (secondary N) is 2. The normalized spacial score (nSPS) is 22.0. The van der Waals surface area contributed by atoms with Crippen LogP contribution in [0.1, 0.15) is 17.9 Å². The van der Waals surface area contributed by atoms with Gasteiger partial charge in [0.2, 0.25) is 5.91 Å². The molecule has 1 saturated heterocycles. The van der Waals surface area contributed by atoms with Crippen LogP contribution < -0.4 is 10.6 Å². The van der Waals surface area contributed by atoms with Gasteiger partial charge < -0.3 is 15.5 Å². The van der Waals surface area contributed by atoms with Crippen molar-refractivity contribution < 1.29 is 4.79 Å². The molecule has 2 N–H and O–H groups in total. The van der Waals surface area contributed by atoms with Crippen LogP contribution in [0.3, 0.4) is 0 Å². The summed E-state index contributed by atoms with van der Waals surface area (Å²) in [5.74, 6) is 1.10. The van der Waals surface area contributed by atoms with Gasteiger partial charge in [-0.2, -0.15) is 0 Å². The maximum atomic E-state index is 12.3. The van der Waals surface area contributed by atoms with E-state index in [0.29, 0.717) is 0 Å². The molecule has 5 heteroatoms. The van der Waals surface area contributed by atoms with Gasteiger partial charge in [-0.05, 0) is 24.6 Å². The number of rotatable bonds is 5. The second-order valence-electron chi connectivity index (χ2n) is 5.64. The number of piperazine rings is 1. The van der Waals surface area contributed by atoms with E-state index < -0.39 is 0 Å². The molecule has 3 rings (SSSR count). The molecule has 2 aliphatic heterocycles. The molecule has 0 bridgehead atoms. The van der Waals surface area contributed by atoms with E-state index in [1.165, 1.54) is 10.5 Å². The molecular formula is C16H23N3OS. The van der Waals surface area contributed by atoms with E-state index in [4.69, 9.17) is 0 Å². The summed E-state index contributed by atoms with van der Waals surface area (Å²) < 4.78 is 0. The molecule has 1 aromatic rings. The van der Waals surface area contributed by atoms with Gasteiger partial charge in [-0.15, -0.1) is 11.8 Å². The standard InChI is InChI=1S/C16H23N3OS/c20-16(14-12-21-15-5-2-1-4-13(14)15)18-6-3-9-19-10-7-17-8-11-19/h1-2,4-5,14,17H,3,6-12H2,(H,18,20). The highest BCUT2D eigenvalue weighted by Crippen LogP contribution is 2.39. The number of hydrogen-bond donors (Lipinski definition) is 2. The van der Waals surface area contributed by atoms with Gasteiger partial charge in [-0.1, -0.05) is 18.2 Å². The van der Waals surface area contributed by atoms with Crippen molar-refractivity contribution in [1.29, 1.82) is 0 Å². The van der Waals surface area contributed by atoms with Crippen molar-refractivity contribution in [1.82, 2.24) is 15.5 Å². The second-order valence-corrected chi connectivity index (χ2v) is 6.70. The van der Waals surface area contributed by atoms with E-state index >= 15 is 0 Å². The predicted molar refractivity (Wildman–Crippen MR) is 86.8 cm³/mol. The molecule has 2 aliphatic rings. The Bertz CT molecular complexity index is 488. The third-order valence-corrected chi connectivity index (χ3v) is 5.36. The fraction of sp³-hybridized carbons (Fsp3) is 0.562. The van der Waals surface area contributed by atoms with Crippen molar-refractivity contribution in [2.24, 2.45) is 0 Å². The third kappa shape index (κ3) is 3.78. The van der Waals surface area contributed by atoms with Gasteiger partial charge in [0.1, 0.15) is 0 Å². The largest absolute Gasteiger partial charge is 0.355 e. The molecule has 2 heterocycles. The predicted octanol–water partition coefficient (Wildman–Crippen LogP) is 1.29. The van der Waals surface area contributed by atoms with Crippen molar-refractivity contribution in [2.75, 3.05) is 45.0 Å². The lowest BCUT2D eigenvalue weighted by molar-refractivity contribution is -0.122. The number of hydrogen-bond acceptors (Lipinski definition) is 4. The van der Waals surface area contributed by atoms with Gasteiger partial charge in [-0.3, -0.25) is 4.79 Å². The number of nitrogens with zero attached hydrogens (tertiary/aromatic N) is 1. The van der Waals surface area contributed by atoms with Gasteiger partial charge >= 0.3 is 0 Å². The Hall–Kier alpha value is -1.04. The van der Waals surface area contributed by atoms with Crippen LogP contribution in [0.2, 0.25) is 0 Å². The Morgan fingerprint density at radius 2 is 2.14 bits per heavy atom. The molecule has 0 spiro atoms. The van der Waals surface area contributed by atoms with Crippen LogP contribution in [0.5, 0.6) is 0 Å². The van der Waals surface area contributed by atoms with Gasteiger partial charge in [0.15, 0.2) is 0 Å². The van der Waals surface area contributed by atoms with Crippen molar-refractivity contribution >= 4 is 17.7 Å². The van der Waals surface area contributed by atoms with E-state index in [9.17, 15) is 4.79 Å². The molecule has 1 fully saturated rings. The summed E-state index contributed by atoms with van der Waals surface area (Å²) in [6.07, 6.45) is 1.03. The minimum absolute atomic E-state index is 0.0328. The summed E-state index contributed by atoms with van der Waals surface area (Å²) >= 11 is 1.79. The summed E-state index contributed by atoms with van der Waals surface area (Å²) in [4.78, 5) is 16.0. The second kappa shape index (κ2) is 7.29. The van der Waals surface area contributed by atoms with Gasteiger partial charge in [0, 0.05) is 43.4 Å². The number of carbonyl (C=O) groups excluding carboxylic acids is 1. The van der Waals surface area contributed by atoms with Crippen molar-refractivity contribution in [3.8, 4) is 0 Å². The smallest absolute Gasteiger partial charge is 0.228 e. The first kappa shape index (κ1) is 14.9. The average Bonchev–Trinajstić information content (AvgIpc) is 2.96. The van der Waals surface area contributed by atoms with Gasteiger partial charge in [-0.25, -0.2) is 0 Å². The molecular weight excluding hydrogens is 282 g/mol. The minimum Gasteiger partial charge on any atom is -0.355 e. The zero-order valence-electron chi connectivity index (χ0n) is 12.3. The Morgan fingerprint density at radius 1 is 1.33 bits per heavy atom. The Balaban J connectivity index is 1.41. The summed E-state index contributed by atoms with van der Waals surface area (Å²) in [5.41, 5.74) is 1.20. The highest BCUT2D eigenvalue weighted by Gasteiger charge is 2.28. The number of thioether (sulfide) groups is 1. The Morgan fingerprint density at radius 3 is 3.00 bits per heavy atom. The quantitative estimate of drug-likeness (QED) is 0.805. The van der Waals surface area contributed by atoms with Crippen LogP contribution >= 0.6 is 11.8 Å². The highest BCUT2D eigenvalue weighted by molar-refractivity contribution is 7.99. The number of fused-ring (bicyclic) bond motifs is 1. The molecule has 21 heavy (non-hydrogen) atoms. The van der Waals surface area contributed by atoms with Crippen molar-refractivity contribution in [3.05, 3.63) is 29.8 Å². The summed E-state index contributed by atoms with van der Waals surface area (Å²) in [6.45, 7) is 6.29. The molecule has 1 amide bonds. The first-order valence-corrected chi connectivity index (χ1v) is 8.75. The van der Waals surface area contributed by atoms with Crippen LogP contribution in [0.15, 0.2) is 29.2 Å². The summed E-state index contributed by atoms with van der Waals surface area (Å²) in [5, 5.41) is 6.47. The molecule has 0 aromatic heterocycles. The first-order chi connectivity index (χ1) is 10.3. The topological polar surface area (TPSA) is 44.4 Å². The number of amides is 1. The summed E-state index contributed by atoms with van der Waals surface area (Å²) in [7, 11) is 0. The lowest BCUT2D eigenvalue weighted by Gasteiger charge is -2.27. The Labute approximate surface area is 130 Å². The van der Waals surface area contributed by atoms with E-state index in [1.54, 1.807) is 11.8 Å². The Kier molecular flexibility index (Phi) is 5.17. The van der Waals surface area contributed by atoms with Gasteiger partial charge in [0.05, 0.1) is 5.92 Å². The molecule has 1 unspecified atom stereocenters. The maximum absolute atomic E-state index is 12.3. The summed E-state index contributed by atoms with van der Waals surface area (Å²) in [6, 6.07) is 8.26. The van der Waals surface area contributed by atoms with E-state index in [2.05, 4.69) is 27.7 Å². The van der Waals surface area contributed by atoms with Crippen LogP contribution in [0.25, 0.3) is 0 Å². The fourth-order valence-corrected chi connectivity index (χ4v) is 4.18. The van der Waals surface area contributed by atoms with Crippen LogP contribution in [0.4, 0.5) is 0 Å². The fourth-order valence-electron chi connectivity index (χ4n) is 2.95. The molecule has 0 aliphatic carbocycles. The molecule has 0 saturated carbocycles. The molecule has 0 radical (unpaired) electrons. The SMILES string of the molecule is O=C(NCCCN1CCNCC1)C1CSc2ccccc21. The molecule has 1 atom stereocenters. The third-order valence-electron chi connectivity index (χ3n) is 4.18. The highest BCUT2D eigenvalue weighted by atomic mass is 32.2. The number of carbonyl (C=O) groups is 1.